The summed E-state index contributed by atoms with van der Waals surface area (Å²) in [5, 5.41) is 10.8. The topological polar surface area (TPSA) is 81.9 Å². The van der Waals surface area contributed by atoms with Crippen molar-refractivity contribution < 1.29 is 14.0 Å². The molecule has 1 saturated carbocycles. The van der Waals surface area contributed by atoms with Gasteiger partial charge in [-0.1, -0.05) is 36.7 Å². The molecule has 2 aromatic heterocycles. The van der Waals surface area contributed by atoms with Crippen LogP contribution in [-0.4, -0.2) is 32.1 Å². The van der Waals surface area contributed by atoms with Crippen LogP contribution in [0.3, 0.4) is 0 Å². The third kappa shape index (κ3) is 3.60. The molecule has 2 heterocycles. The Bertz CT molecular complexity index is 974. The van der Waals surface area contributed by atoms with Gasteiger partial charge in [0.25, 0.3) is 11.8 Å². The molecule has 1 aliphatic rings. The molecule has 0 radical (unpaired) electrons. The zero-order chi connectivity index (χ0) is 18.8. The van der Waals surface area contributed by atoms with Gasteiger partial charge in [-0.25, -0.2) is 9.37 Å². The average molecular weight is 369 g/mol. The lowest BCUT2D eigenvalue weighted by atomic mass is 9.86. The number of carbonyl (C=O) groups excluding carboxylic acids is 1. The number of hydrogen-bond donors (Lipinski definition) is 1. The summed E-state index contributed by atoms with van der Waals surface area (Å²) in [6.45, 7) is 2.13. The van der Waals surface area contributed by atoms with Crippen molar-refractivity contribution in [3.05, 3.63) is 47.9 Å². The van der Waals surface area contributed by atoms with Gasteiger partial charge in [0.1, 0.15) is 11.0 Å². The Kier molecular flexibility index (Phi) is 4.70. The van der Waals surface area contributed by atoms with Crippen molar-refractivity contribution in [2.75, 3.05) is 0 Å². The minimum atomic E-state index is -0.737. The molecule has 1 aromatic carbocycles. The molecule has 7 nitrogen and oxygen atoms in total. The van der Waals surface area contributed by atoms with Crippen LogP contribution in [0, 0.1) is 11.7 Å². The smallest absolute Gasteiger partial charge is 0.284 e. The van der Waals surface area contributed by atoms with Gasteiger partial charge < -0.3 is 10.2 Å². The van der Waals surface area contributed by atoms with E-state index in [1.54, 1.807) is 18.2 Å². The lowest BCUT2D eigenvalue weighted by Gasteiger charge is -2.29. The number of pyridine rings is 1. The van der Waals surface area contributed by atoms with Gasteiger partial charge in [0.2, 0.25) is 0 Å². The molecule has 2 atom stereocenters. The summed E-state index contributed by atoms with van der Waals surface area (Å²) in [7, 11) is 0. The summed E-state index contributed by atoms with van der Waals surface area (Å²) in [5.74, 6) is -0.909. The van der Waals surface area contributed by atoms with Crippen LogP contribution in [0.25, 0.3) is 11.0 Å². The van der Waals surface area contributed by atoms with Crippen molar-refractivity contribution in [2.24, 2.45) is 5.92 Å². The predicted octanol–water partition coefficient (Wildman–Crippen LogP) is 3.12. The Hall–Kier alpha value is -3.03. The van der Waals surface area contributed by atoms with E-state index in [-0.39, 0.29) is 23.4 Å². The lowest BCUT2D eigenvalue weighted by Crippen LogP contribution is -2.41. The normalized spacial score (nSPS) is 19.8. The van der Waals surface area contributed by atoms with Crippen LogP contribution < -0.4 is 10.2 Å². The van der Waals surface area contributed by atoms with Crippen LogP contribution in [0.5, 0.6) is 5.88 Å². The summed E-state index contributed by atoms with van der Waals surface area (Å²) < 4.78 is 14.4. The number of rotatable bonds is 4. The highest BCUT2D eigenvalue weighted by Gasteiger charge is 2.24. The van der Waals surface area contributed by atoms with Crippen molar-refractivity contribution in [3.8, 4) is 5.88 Å². The lowest BCUT2D eigenvalue weighted by molar-refractivity contribution is 0.0909. The largest absolute Gasteiger partial charge is 0.349 e. The number of aromatic nitrogens is 4. The first-order valence-electron chi connectivity index (χ1n) is 9.07. The van der Waals surface area contributed by atoms with Crippen molar-refractivity contribution in [1.82, 2.24) is 25.5 Å². The van der Waals surface area contributed by atoms with Gasteiger partial charge in [-0.2, -0.15) is 0 Å². The van der Waals surface area contributed by atoms with Crippen LogP contribution in [0.1, 0.15) is 43.0 Å². The molecule has 3 aromatic rings. The molecule has 0 aliphatic heterocycles. The average Bonchev–Trinajstić information content (AvgIpc) is 3.08. The second-order valence-electron chi connectivity index (χ2n) is 6.90. The number of carbonyl (C=O) groups is 1. The standard InChI is InChI=1S/C19H20FN5O2/c1-12-6-2-3-7-15(12)22-18(26)13-10-14(20)19(21-11-13)27-25-17-9-5-4-8-16(17)23-24-25/h4-5,8-12,15H,2-3,6-7H2,1H3,(H,22,26). The maximum atomic E-state index is 14.4. The van der Waals surface area contributed by atoms with E-state index in [1.165, 1.54) is 12.6 Å². The summed E-state index contributed by atoms with van der Waals surface area (Å²) in [4.78, 5) is 22.9. The van der Waals surface area contributed by atoms with Crippen molar-refractivity contribution in [3.63, 3.8) is 0 Å². The maximum Gasteiger partial charge on any atom is 0.284 e. The molecule has 1 N–H and O–H groups in total. The highest BCUT2D eigenvalue weighted by molar-refractivity contribution is 5.94. The van der Waals surface area contributed by atoms with E-state index >= 15 is 0 Å². The molecule has 1 aliphatic carbocycles. The predicted molar refractivity (Wildman–Crippen MR) is 96.6 cm³/mol. The number of nitrogens with zero attached hydrogens (tertiary/aromatic N) is 4. The monoisotopic (exact) mass is 369 g/mol. The second kappa shape index (κ2) is 7.30. The molecule has 1 amide bonds. The molecule has 2 unspecified atom stereocenters. The Morgan fingerprint density at radius 3 is 2.93 bits per heavy atom. The maximum absolute atomic E-state index is 14.4. The highest BCUT2D eigenvalue weighted by atomic mass is 19.1. The first-order valence-corrected chi connectivity index (χ1v) is 9.07. The fourth-order valence-corrected chi connectivity index (χ4v) is 3.40. The van der Waals surface area contributed by atoms with Crippen LogP contribution in [0.4, 0.5) is 4.39 Å². The third-order valence-electron chi connectivity index (χ3n) is 4.99. The number of nitrogens with one attached hydrogen (secondary N) is 1. The molecule has 27 heavy (non-hydrogen) atoms. The van der Waals surface area contributed by atoms with Gasteiger partial charge in [-0.3, -0.25) is 4.79 Å². The summed E-state index contributed by atoms with van der Waals surface area (Å²) in [6.07, 6.45) is 5.63. The molecular weight excluding hydrogens is 349 g/mol. The van der Waals surface area contributed by atoms with Gasteiger partial charge in [0.05, 0.1) is 5.56 Å². The van der Waals surface area contributed by atoms with Crippen LogP contribution in [-0.2, 0) is 0 Å². The second-order valence-corrected chi connectivity index (χ2v) is 6.90. The number of amides is 1. The van der Waals surface area contributed by atoms with E-state index in [0.29, 0.717) is 17.0 Å². The van der Waals surface area contributed by atoms with Crippen molar-refractivity contribution >= 4 is 16.9 Å². The summed E-state index contributed by atoms with van der Waals surface area (Å²) >= 11 is 0. The molecule has 0 bridgehead atoms. The molecule has 0 saturated heterocycles. The quantitative estimate of drug-likeness (QED) is 0.764. The third-order valence-corrected chi connectivity index (χ3v) is 4.99. The van der Waals surface area contributed by atoms with Gasteiger partial charge in [-0.15, -0.1) is 5.10 Å². The molecule has 4 rings (SSSR count). The van der Waals surface area contributed by atoms with Crippen LogP contribution >= 0.6 is 0 Å². The fourth-order valence-electron chi connectivity index (χ4n) is 3.40. The first-order chi connectivity index (χ1) is 13.1. The number of halogens is 1. The zero-order valence-electron chi connectivity index (χ0n) is 14.9. The fraction of sp³-hybridized carbons (Fsp3) is 0.368. The van der Waals surface area contributed by atoms with E-state index < -0.39 is 5.82 Å². The van der Waals surface area contributed by atoms with E-state index in [4.69, 9.17) is 4.84 Å². The van der Waals surface area contributed by atoms with E-state index in [9.17, 15) is 9.18 Å². The van der Waals surface area contributed by atoms with Crippen molar-refractivity contribution in [2.45, 2.75) is 38.6 Å². The SMILES string of the molecule is CC1CCCCC1NC(=O)c1cnc(On2nnc3ccccc32)c(F)c1. The number of fused-ring (bicyclic) bond motifs is 1. The number of para-hydroxylation sites is 1. The van der Waals surface area contributed by atoms with Crippen molar-refractivity contribution in [1.29, 1.82) is 0 Å². The summed E-state index contributed by atoms with van der Waals surface area (Å²) in [6, 6.07) is 8.39. The molecule has 8 heteroatoms. The Morgan fingerprint density at radius 2 is 2.11 bits per heavy atom. The van der Waals surface area contributed by atoms with Gasteiger partial charge in [-0.05, 0) is 42.2 Å². The molecule has 140 valence electrons. The van der Waals surface area contributed by atoms with Crippen LogP contribution in [0.2, 0.25) is 0 Å². The zero-order valence-corrected chi connectivity index (χ0v) is 14.9. The highest BCUT2D eigenvalue weighted by Crippen LogP contribution is 2.24. The molecule has 0 spiro atoms. The van der Waals surface area contributed by atoms with E-state index in [0.717, 1.165) is 30.2 Å². The van der Waals surface area contributed by atoms with Crippen LogP contribution in [0.15, 0.2) is 36.5 Å². The molecular formula is C19H20FN5O2. The Morgan fingerprint density at radius 1 is 1.30 bits per heavy atom. The minimum Gasteiger partial charge on any atom is -0.349 e. The number of benzene rings is 1. The Labute approximate surface area is 155 Å². The van der Waals surface area contributed by atoms with Gasteiger partial charge in [0.15, 0.2) is 5.82 Å². The van der Waals surface area contributed by atoms with E-state index in [1.807, 2.05) is 6.07 Å². The Balaban J connectivity index is 1.49. The number of hydrogen-bond acceptors (Lipinski definition) is 5. The minimum absolute atomic E-state index is 0.117. The van der Waals surface area contributed by atoms with Gasteiger partial charge >= 0.3 is 0 Å². The molecule has 1 fully saturated rings. The first kappa shape index (κ1) is 17.4. The summed E-state index contributed by atoms with van der Waals surface area (Å²) in [5.41, 5.74) is 1.38. The van der Waals surface area contributed by atoms with E-state index in [2.05, 4.69) is 27.5 Å². The van der Waals surface area contributed by atoms with Gasteiger partial charge in [0, 0.05) is 12.2 Å².